The number of amides is 1. The van der Waals surface area contributed by atoms with Crippen LogP contribution in [0.3, 0.4) is 0 Å². The number of nitrogens with one attached hydrogen (secondary N) is 3. The third kappa shape index (κ3) is 6.11. The van der Waals surface area contributed by atoms with Gasteiger partial charge in [0.05, 0.1) is 0 Å². The lowest BCUT2D eigenvalue weighted by molar-refractivity contribution is -0.116. The van der Waals surface area contributed by atoms with Crippen molar-refractivity contribution in [2.45, 2.75) is 38.6 Å². The fourth-order valence-corrected chi connectivity index (χ4v) is 4.26. The summed E-state index contributed by atoms with van der Waals surface area (Å²) >= 11 is 0. The van der Waals surface area contributed by atoms with Gasteiger partial charge in [-0.05, 0) is 42.0 Å². The van der Waals surface area contributed by atoms with Crippen molar-refractivity contribution in [3.63, 3.8) is 0 Å². The zero-order valence-electron chi connectivity index (χ0n) is 18.8. The average molecular weight is 548 g/mol. The number of carbonyl (C=O) groups excluding carboxylic acids is 1. The average Bonchev–Trinajstić information content (AvgIpc) is 2.80. The van der Waals surface area contributed by atoms with E-state index >= 15 is 0 Å². The van der Waals surface area contributed by atoms with Crippen LogP contribution in [-0.2, 0) is 11.3 Å². The molecule has 0 spiro atoms. The van der Waals surface area contributed by atoms with Crippen LogP contribution in [0.1, 0.15) is 43.2 Å². The Bertz CT molecular complexity index is 924. The lowest BCUT2D eigenvalue weighted by atomic mass is 9.90. The maximum absolute atomic E-state index is 12.0. The lowest BCUT2D eigenvalue weighted by Crippen LogP contribution is -2.40. The van der Waals surface area contributed by atoms with Gasteiger partial charge in [0.2, 0.25) is 5.91 Å². The van der Waals surface area contributed by atoms with Crippen molar-refractivity contribution in [3.05, 3.63) is 53.7 Å². The number of anilines is 2. The molecule has 3 N–H and O–H groups in total. The smallest absolute Gasteiger partial charge is 0.225 e. The predicted molar refractivity (Wildman–Crippen MR) is 141 cm³/mol. The summed E-state index contributed by atoms with van der Waals surface area (Å²) in [7, 11) is 1.76. The summed E-state index contributed by atoms with van der Waals surface area (Å²) in [6.45, 7) is 5.79. The molecular weight excluding hydrogens is 515 g/mol. The number of halogens is 1. The summed E-state index contributed by atoms with van der Waals surface area (Å²) in [5, 5.41) is 9.66. The summed E-state index contributed by atoms with van der Waals surface area (Å²) in [6, 6.07) is 12.2. The Balaban J connectivity index is 0.00000289. The molecule has 3 heterocycles. The van der Waals surface area contributed by atoms with Crippen molar-refractivity contribution in [1.29, 1.82) is 0 Å². The molecule has 8 heteroatoms. The number of para-hydroxylation sites is 1. The van der Waals surface area contributed by atoms with E-state index in [1.807, 2.05) is 24.4 Å². The monoisotopic (exact) mass is 548 g/mol. The van der Waals surface area contributed by atoms with E-state index in [2.05, 4.69) is 55.9 Å². The highest BCUT2D eigenvalue weighted by atomic mass is 127. The first-order valence-corrected chi connectivity index (χ1v) is 11.2. The molecule has 1 atom stereocenters. The quantitative estimate of drug-likeness (QED) is 0.302. The number of hydrogen-bond donors (Lipinski definition) is 3. The third-order valence-electron chi connectivity index (χ3n) is 6.22. The van der Waals surface area contributed by atoms with Crippen molar-refractivity contribution in [2.75, 3.05) is 36.9 Å². The number of aliphatic imine (C=N–C) groups is 1. The van der Waals surface area contributed by atoms with Crippen LogP contribution in [0.25, 0.3) is 0 Å². The van der Waals surface area contributed by atoms with Crippen LogP contribution < -0.4 is 20.9 Å². The highest BCUT2D eigenvalue weighted by Crippen LogP contribution is 2.31. The molecule has 0 saturated carbocycles. The molecule has 1 unspecified atom stereocenters. The van der Waals surface area contributed by atoms with Gasteiger partial charge in [-0.2, -0.15) is 0 Å². The van der Waals surface area contributed by atoms with Gasteiger partial charge in [-0.15, -0.1) is 24.0 Å². The largest absolute Gasteiger partial charge is 0.357 e. The Hall–Kier alpha value is -2.36. The Morgan fingerprint density at radius 3 is 2.69 bits per heavy atom. The summed E-state index contributed by atoms with van der Waals surface area (Å²) in [4.78, 5) is 23.4. The number of aromatic nitrogens is 1. The number of pyridine rings is 1. The van der Waals surface area contributed by atoms with E-state index in [4.69, 9.17) is 0 Å². The number of guanidine groups is 1. The Labute approximate surface area is 207 Å². The summed E-state index contributed by atoms with van der Waals surface area (Å²) in [6.07, 6.45) is 4.89. The van der Waals surface area contributed by atoms with Crippen LogP contribution in [-0.4, -0.2) is 43.5 Å². The van der Waals surface area contributed by atoms with Gasteiger partial charge in [0.25, 0.3) is 0 Å². The molecule has 0 bridgehead atoms. The fraction of sp³-hybridized carbons (Fsp3) is 0.458. The van der Waals surface area contributed by atoms with Crippen LogP contribution in [0.15, 0.2) is 47.6 Å². The number of rotatable bonds is 5. The standard InChI is InChI=1S/C24H32N6O.HI/c1-17-9-11-30(12-10-17)22-8-7-18(14-26-22)15-27-24(25-2)28-16-19-13-23(31)29-21-6-4-3-5-20(19)21;/h3-8,14,17,19H,9-13,15-16H2,1-2H3,(H,29,31)(H2,25,27,28);1H. The van der Waals surface area contributed by atoms with Gasteiger partial charge < -0.3 is 20.9 Å². The molecule has 2 aliphatic heterocycles. The summed E-state index contributed by atoms with van der Waals surface area (Å²) in [5.74, 6) is 2.78. The second-order valence-electron chi connectivity index (χ2n) is 8.54. The minimum Gasteiger partial charge on any atom is -0.357 e. The second-order valence-corrected chi connectivity index (χ2v) is 8.54. The first-order valence-electron chi connectivity index (χ1n) is 11.2. The van der Waals surface area contributed by atoms with Crippen LogP contribution in [0.2, 0.25) is 0 Å². The van der Waals surface area contributed by atoms with Crippen LogP contribution in [0, 0.1) is 5.92 Å². The van der Waals surface area contributed by atoms with Crippen molar-refractivity contribution in [2.24, 2.45) is 10.9 Å². The normalized spacial score (nSPS) is 18.9. The Kier molecular flexibility index (Phi) is 8.72. The van der Waals surface area contributed by atoms with Gasteiger partial charge in [-0.25, -0.2) is 4.98 Å². The predicted octanol–water partition coefficient (Wildman–Crippen LogP) is 3.73. The maximum Gasteiger partial charge on any atom is 0.225 e. The topological polar surface area (TPSA) is 81.7 Å². The molecule has 1 aromatic heterocycles. The number of benzene rings is 1. The van der Waals surface area contributed by atoms with Crippen molar-refractivity contribution in [3.8, 4) is 0 Å². The first-order chi connectivity index (χ1) is 15.1. The van der Waals surface area contributed by atoms with Crippen molar-refractivity contribution in [1.82, 2.24) is 15.6 Å². The van der Waals surface area contributed by atoms with Gasteiger partial charge in [0.15, 0.2) is 5.96 Å². The van der Waals surface area contributed by atoms with Crippen LogP contribution >= 0.6 is 24.0 Å². The number of piperidine rings is 1. The minimum atomic E-state index is 0. The van der Waals surface area contributed by atoms with E-state index in [9.17, 15) is 4.79 Å². The van der Waals surface area contributed by atoms with E-state index in [-0.39, 0.29) is 35.8 Å². The molecule has 2 aromatic rings. The molecule has 1 amide bonds. The van der Waals surface area contributed by atoms with Crippen molar-refractivity contribution >= 4 is 47.3 Å². The van der Waals surface area contributed by atoms with Gasteiger partial charge in [0.1, 0.15) is 5.82 Å². The molecule has 7 nitrogen and oxygen atoms in total. The molecule has 172 valence electrons. The van der Waals surface area contributed by atoms with Crippen LogP contribution in [0.4, 0.5) is 11.5 Å². The van der Waals surface area contributed by atoms with E-state index in [0.717, 1.165) is 47.6 Å². The third-order valence-corrected chi connectivity index (χ3v) is 6.22. The highest BCUT2D eigenvalue weighted by Gasteiger charge is 2.24. The van der Waals surface area contributed by atoms with E-state index in [1.54, 1.807) is 7.05 Å². The number of nitrogens with zero attached hydrogens (tertiary/aromatic N) is 3. The molecule has 1 saturated heterocycles. The highest BCUT2D eigenvalue weighted by molar-refractivity contribution is 14.0. The molecule has 4 rings (SSSR count). The minimum absolute atomic E-state index is 0. The molecule has 2 aliphatic rings. The molecule has 0 radical (unpaired) electrons. The molecule has 0 aliphatic carbocycles. The lowest BCUT2D eigenvalue weighted by Gasteiger charge is -2.31. The molecule has 32 heavy (non-hydrogen) atoms. The second kappa shape index (κ2) is 11.5. The van der Waals surface area contributed by atoms with Gasteiger partial charge in [-0.3, -0.25) is 9.79 Å². The van der Waals surface area contributed by atoms with Crippen molar-refractivity contribution < 1.29 is 4.79 Å². The van der Waals surface area contributed by atoms with Gasteiger partial charge in [-0.1, -0.05) is 31.2 Å². The Morgan fingerprint density at radius 1 is 1.19 bits per heavy atom. The summed E-state index contributed by atoms with van der Waals surface area (Å²) < 4.78 is 0. The number of carbonyl (C=O) groups is 1. The molecule has 1 aromatic carbocycles. The SMILES string of the molecule is CN=C(NCc1ccc(N2CCC(C)CC2)nc1)NCC1CC(=O)Nc2ccccc21.I. The van der Waals surface area contributed by atoms with E-state index in [1.165, 1.54) is 12.8 Å². The van der Waals surface area contributed by atoms with Crippen LogP contribution in [0.5, 0.6) is 0 Å². The van der Waals surface area contributed by atoms with E-state index < -0.39 is 0 Å². The van der Waals surface area contributed by atoms with Gasteiger partial charge >= 0.3 is 0 Å². The zero-order chi connectivity index (χ0) is 21.6. The fourth-order valence-electron chi connectivity index (χ4n) is 4.26. The maximum atomic E-state index is 12.0. The van der Waals surface area contributed by atoms with E-state index in [0.29, 0.717) is 19.5 Å². The van der Waals surface area contributed by atoms with Gasteiger partial charge in [0, 0.05) is 57.4 Å². The summed E-state index contributed by atoms with van der Waals surface area (Å²) in [5.41, 5.74) is 3.18. The number of hydrogen-bond acceptors (Lipinski definition) is 4. The zero-order valence-corrected chi connectivity index (χ0v) is 21.1. The first kappa shape index (κ1) is 24.3. The number of fused-ring (bicyclic) bond motifs is 1. The molecular formula is C24H33IN6O. The Morgan fingerprint density at radius 2 is 1.97 bits per heavy atom. The molecule has 1 fully saturated rings.